The van der Waals surface area contributed by atoms with Crippen LogP contribution in [0.1, 0.15) is 31.0 Å². The summed E-state index contributed by atoms with van der Waals surface area (Å²) in [5, 5.41) is 0.590. The maximum absolute atomic E-state index is 5.88. The molecule has 1 fully saturated rings. The smallest absolute Gasteiger partial charge is 0.146 e. The van der Waals surface area contributed by atoms with E-state index < -0.39 is 0 Å². The highest BCUT2D eigenvalue weighted by Crippen LogP contribution is 2.34. The first-order valence-corrected chi connectivity index (χ1v) is 5.41. The van der Waals surface area contributed by atoms with Gasteiger partial charge >= 0.3 is 0 Å². The van der Waals surface area contributed by atoms with E-state index in [1.807, 2.05) is 0 Å². The van der Waals surface area contributed by atoms with E-state index in [1.165, 1.54) is 19.3 Å². The minimum absolute atomic E-state index is 0.569. The second kappa shape index (κ2) is 3.46. The molecule has 0 spiro atoms. The van der Waals surface area contributed by atoms with E-state index in [4.69, 9.17) is 11.6 Å². The molecule has 1 aliphatic carbocycles. The van der Waals surface area contributed by atoms with Crippen molar-refractivity contribution in [1.82, 2.24) is 9.97 Å². The summed E-state index contributed by atoms with van der Waals surface area (Å²) in [6.07, 6.45) is 5.54. The van der Waals surface area contributed by atoms with Crippen molar-refractivity contribution >= 4 is 34.2 Å². The molecule has 1 aromatic rings. The van der Waals surface area contributed by atoms with Crippen LogP contribution in [0.4, 0.5) is 0 Å². The van der Waals surface area contributed by atoms with Crippen LogP contribution in [0, 0.1) is 3.57 Å². The van der Waals surface area contributed by atoms with E-state index in [0.29, 0.717) is 11.1 Å². The predicted octanol–water partition coefficient (Wildman–Crippen LogP) is 3.00. The van der Waals surface area contributed by atoms with Crippen LogP contribution in [-0.4, -0.2) is 9.97 Å². The summed E-state index contributed by atoms with van der Waals surface area (Å²) in [6, 6.07) is 0. The molecule has 0 N–H and O–H groups in total. The van der Waals surface area contributed by atoms with E-state index >= 15 is 0 Å². The minimum atomic E-state index is 0.569. The van der Waals surface area contributed by atoms with Crippen LogP contribution in [0.25, 0.3) is 0 Å². The van der Waals surface area contributed by atoms with Crippen molar-refractivity contribution < 1.29 is 0 Å². The third-order valence-electron chi connectivity index (χ3n) is 2.19. The first kappa shape index (κ1) is 8.69. The molecule has 0 saturated heterocycles. The molecule has 64 valence electrons. The Morgan fingerprint density at radius 2 is 2.25 bits per heavy atom. The highest BCUT2D eigenvalue weighted by atomic mass is 127. The summed E-state index contributed by atoms with van der Waals surface area (Å²) in [5.74, 6) is 1.49. The topological polar surface area (TPSA) is 25.8 Å². The van der Waals surface area contributed by atoms with Crippen molar-refractivity contribution in [1.29, 1.82) is 0 Å². The van der Waals surface area contributed by atoms with Gasteiger partial charge in [-0.3, -0.25) is 0 Å². The number of aromatic nitrogens is 2. The molecule has 1 heterocycles. The Labute approximate surface area is 89.9 Å². The molecule has 0 atom stereocenters. The van der Waals surface area contributed by atoms with Crippen molar-refractivity contribution in [2.24, 2.45) is 0 Å². The molecule has 0 amide bonds. The Hall–Kier alpha value is 0.100. The van der Waals surface area contributed by atoms with Gasteiger partial charge in [-0.1, -0.05) is 18.0 Å². The zero-order valence-corrected chi connectivity index (χ0v) is 9.34. The van der Waals surface area contributed by atoms with E-state index in [0.717, 1.165) is 9.39 Å². The summed E-state index contributed by atoms with van der Waals surface area (Å²) in [7, 11) is 0. The highest BCUT2D eigenvalue weighted by Gasteiger charge is 2.22. The SMILES string of the molecule is Clc1nc(C2CCC2)ncc1I. The van der Waals surface area contributed by atoms with Gasteiger partial charge in [0.2, 0.25) is 0 Å². The van der Waals surface area contributed by atoms with E-state index in [1.54, 1.807) is 6.20 Å². The van der Waals surface area contributed by atoms with Gasteiger partial charge in [-0.15, -0.1) is 0 Å². The fourth-order valence-corrected chi connectivity index (χ4v) is 1.62. The Morgan fingerprint density at radius 3 is 2.75 bits per heavy atom. The van der Waals surface area contributed by atoms with Crippen molar-refractivity contribution in [2.75, 3.05) is 0 Å². The van der Waals surface area contributed by atoms with Gasteiger partial charge in [0.25, 0.3) is 0 Å². The molecule has 1 aromatic heterocycles. The molecule has 1 saturated carbocycles. The summed E-state index contributed by atoms with van der Waals surface area (Å²) in [5.41, 5.74) is 0. The maximum Gasteiger partial charge on any atom is 0.146 e. The number of rotatable bonds is 1. The van der Waals surface area contributed by atoms with Crippen LogP contribution in [0.3, 0.4) is 0 Å². The van der Waals surface area contributed by atoms with Crippen molar-refractivity contribution in [3.63, 3.8) is 0 Å². The number of halogens is 2. The van der Waals surface area contributed by atoms with E-state index in [2.05, 4.69) is 32.6 Å². The Kier molecular flexibility index (Phi) is 2.50. The summed E-state index contributed by atoms with van der Waals surface area (Å²) in [4.78, 5) is 8.50. The molecule has 12 heavy (non-hydrogen) atoms. The first-order valence-electron chi connectivity index (χ1n) is 3.95. The lowest BCUT2D eigenvalue weighted by Crippen LogP contribution is -2.12. The van der Waals surface area contributed by atoms with Crippen molar-refractivity contribution in [3.8, 4) is 0 Å². The Balaban J connectivity index is 2.27. The molecule has 2 rings (SSSR count). The second-order valence-corrected chi connectivity index (χ2v) is 4.51. The van der Waals surface area contributed by atoms with Gasteiger partial charge in [0.1, 0.15) is 11.0 Å². The van der Waals surface area contributed by atoms with Crippen LogP contribution in [0.15, 0.2) is 6.20 Å². The predicted molar refractivity (Wildman–Crippen MR) is 56.4 cm³/mol. The van der Waals surface area contributed by atoms with Gasteiger partial charge in [0.15, 0.2) is 0 Å². The van der Waals surface area contributed by atoms with Gasteiger partial charge in [-0.05, 0) is 35.4 Å². The fraction of sp³-hybridized carbons (Fsp3) is 0.500. The van der Waals surface area contributed by atoms with Gasteiger partial charge < -0.3 is 0 Å². The first-order chi connectivity index (χ1) is 5.77. The highest BCUT2D eigenvalue weighted by molar-refractivity contribution is 14.1. The molecular formula is C8H8ClIN2. The average molecular weight is 295 g/mol. The van der Waals surface area contributed by atoms with Gasteiger partial charge in [-0.25, -0.2) is 9.97 Å². The molecular weight excluding hydrogens is 286 g/mol. The quantitative estimate of drug-likeness (QED) is 0.588. The van der Waals surface area contributed by atoms with Crippen LogP contribution in [0.5, 0.6) is 0 Å². The van der Waals surface area contributed by atoms with Crippen LogP contribution < -0.4 is 0 Å². The number of hydrogen-bond donors (Lipinski definition) is 0. The Morgan fingerprint density at radius 1 is 1.50 bits per heavy atom. The fourth-order valence-electron chi connectivity index (χ4n) is 1.22. The second-order valence-electron chi connectivity index (χ2n) is 2.99. The minimum Gasteiger partial charge on any atom is -0.240 e. The average Bonchev–Trinajstić information content (AvgIpc) is 1.93. The zero-order chi connectivity index (χ0) is 8.55. The van der Waals surface area contributed by atoms with Gasteiger partial charge in [-0.2, -0.15) is 0 Å². The lowest BCUT2D eigenvalue weighted by Gasteiger charge is -2.23. The molecule has 4 heteroatoms. The lowest BCUT2D eigenvalue weighted by atomic mass is 9.85. The number of nitrogens with zero attached hydrogens (tertiary/aromatic N) is 2. The molecule has 0 aromatic carbocycles. The monoisotopic (exact) mass is 294 g/mol. The maximum atomic E-state index is 5.88. The summed E-state index contributed by atoms with van der Waals surface area (Å²) < 4.78 is 0.928. The zero-order valence-electron chi connectivity index (χ0n) is 6.43. The van der Waals surface area contributed by atoms with Crippen molar-refractivity contribution in [3.05, 3.63) is 20.7 Å². The molecule has 0 bridgehead atoms. The van der Waals surface area contributed by atoms with Gasteiger partial charge in [0, 0.05) is 12.1 Å². The van der Waals surface area contributed by atoms with Gasteiger partial charge in [0.05, 0.1) is 3.57 Å². The van der Waals surface area contributed by atoms with Crippen LogP contribution in [-0.2, 0) is 0 Å². The largest absolute Gasteiger partial charge is 0.240 e. The molecule has 0 radical (unpaired) electrons. The summed E-state index contributed by atoms with van der Waals surface area (Å²) in [6.45, 7) is 0. The molecule has 0 aliphatic heterocycles. The van der Waals surface area contributed by atoms with E-state index in [9.17, 15) is 0 Å². The third-order valence-corrected chi connectivity index (χ3v) is 3.59. The van der Waals surface area contributed by atoms with E-state index in [-0.39, 0.29) is 0 Å². The Bertz CT molecular complexity index is 299. The normalized spacial score (nSPS) is 17.5. The molecule has 2 nitrogen and oxygen atoms in total. The third kappa shape index (κ3) is 1.57. The molecule has 0 unspecified atom stereocenters. The summed E-state index contributed by atoms with van der Waals surface area (Å²) >= 11 is 8.02. The van der Waals surface area contributed by atoms with Crippen LogP contribution in [0.2, 0.25) is 5.15 Å². The molecule has 1 aliphatic rings. The van der Waals surface area contributed by atoms with Crippen LogP contribution >= 0.6 is 34.2 Å². The standard InChI is InChI=1S/C8H8ClIN2/c9-7-6(10)4-11-8(12-7)5-2-1-3-5/h4-5H,1-3H2. The number of hydrogen-bond acceptors (Lipinski definition) is 2. The lowest BCUT2D eigenvalue weighted by molar-refractivity contribution is 0.401. The van der Waals surface area contributed by atoms with Crippen molar-refractivity contribution in [2.45, 2.75) is 25.2 Å².